The third kappa shape index (κ3) is 5.07. The van der Waals surface area contributed by atoms with Crippen molar-refractivity contribution in [3.05, 3.63) is 65.9 Å². The van der Waals surface area contributed by atoms with Crippen LogP contribution >= 0.6 is 0 Å². The highest BCUT2D eigenvalue weighted by Crippen LogP contribution is 2.31. The number of nitrogens with one attached hydrogen (secondary N) is 1. The quantitative estimate of drug-likeness (QED) is 0.600. The average Bonchev–Trinajstić information content (AvgIpc) is 3.18. The molecular weight excluding hydrogens is 370 g/mol. The van der Waals surface area contributed by atoms with Gasteiger partial charge in [-0.05, 0) is 30.2 Å². The highest BCUT2D eigenvalue weighted by Gasteiger charge is 2.13. The number of methoxy groups -OCH3 is 2. The second kappa shape index (κ2) is 9.64. The van der Waals surface area contributed by atoms with Crippen LogP contribution in [0.2, 0.25) is 0 Å². The number of nitrogens with zero attached hydrogens (tertiary/aromatic N) is 2. The van der Waals surface area contributed by atoms with Crippen LogP contribution < -0.4 is 19.5 Å². The van der Waals surface area contributed by atoms with Gasteiger partial charge in [0, 0.05) is 11.6 Å². The fourth-order valence-corrected chi connectivity index (χ4v) is 2.95. The summed E-state index contributed by atoms with van der Waals surface area (Å²) in [5.74, 6) is 2.26. The maximum absolute atomic E-state index is 12.3. The number of benzene rings is 2. The van der Waals surface area contributed by atoms with Crippen molar-refractivity contribution < 1.29 is 19.0 Å². The van der Waals surface area contributed by atoms with E-state index in [-0.39, 0.29) is 12.5 Å². The number of amides is 1. The van der Waals surface area contributed by atoms with Crippen molar-refractivity contribution in [2.75, 3.05) is 26.1 Å². The molecule has 0 unspecified atom stereocenters. The van der Waals surface area contributed by atoms with Gasteiger partial charge >= 0.3 is 0 Å². The lowest BCUT2D eigenvalue weighted by atomic mass is 10.2. The van der Waals surface area contributed by atoms with E-state index in [9.17, 15) is 4.79 Å². The molecule has 0 spiro atoms. The molecule has 7 nitrogen and oxygen atoms in total. The molecular formula is C22H25N3O4. The first-order valence-electron chi connectivity index (χ1n) is 9.37. The van der Waals surface area contributed by atoms with E-state index in [1.807, 2.05) is 42.5 Å². The number of aryl methyl sites for hydroxylation is 1. The minimum Gasteiger partial charge on any atom is -0.493 e. The Kier molecular flexibility index (Phi) is 6.73. The number of hydrogen-bond donors (Lipinski definition) is 1. The van der Waals surface area contributed by atoms with E-state index in [1.165, 1.54) is 5.56 Å². The van der Waals surface area contributed by atoms with E-state index < -0.39 is 0 Å². The summed E-state index contributed by atoms with van der Waals surface area (Å²) in [6.45, 7) is 2.43. The number of aromatic nitrogens is 2. The van der Waals surface area contributed by atoms with Gasteiger partial charge in [-0.1, -0.05) is 31.2 Å². The molecule has 0 atom stereocenters. The fraction of sp³-hybridized carbons (Fsp3) is 0.273. The van der Waals surface area contributed by atoms with Crippen LogP contribution in [0.1, 0.15) is 18.1 Å². The summed E-state index contributed by atoms with van der Waals surface area (Å²) in [7, 11) is 3.19. The molecule has 0 aliphatic carbocycles. The van der Waals surface area contributed by atoms with E-state index in [0.717, 1.165) is 12.0 Å². The van der Waals surface area contributed by atoms with Crippen LogP contribution in [0.5, 0.6) is 17.2 Å². The van der Waals surface area contributed by atoms with Crippen LogP contribution in [-0.4, -0.2) is 36.5 Å². The molecule has 1 aromatic heterocycles. The summed E-state index contributed by atoms with van der Waals surface area (Å²) in [6.07, 6.45) is 2.59. The number of carbonyl (C=O) groups is 1. The molecule has 0 aliphatic heterocycles. The van der Waals surface area contributed by atoms with Crippen LogP contribution in [0.25, 0.3) is 0 Å². The molecule has 0 saturated carbocycles. The van der Waals surface area contributed by atoms with Gasteiger partial charge in [0.25, 0.3) is 5.91 Å². The SMILES string of the molecule is CCc1ccc(OCC(=O)Nc2ccnn2Cc2cccc(OC)c2OC)cc1. The van der Waals surface area contributed by atoms with E-state index in [2.05, 4.69) is 17.3 Å². The summed E-state index contributed by atoms with van der Waals surface area (Å²) in [5, 5.41) is 7.13. The first kappa shape index (κ1) is 20.3. The molecule has 3 aromatic rings. The predicted molar refractivity (Wildman–Crippen MR) is 111 cm³/mol. The van der Waals surface area contributed by atoms with Crippen molar-refractivity contribution in [1.82, 2.24) is 9.78 Å². The number of ether oxygens (including phenoxy) is 3. The van der Waals surface area contributed by atoms with Crippen molar-refractivity contribution >= 4 is 11.7 Å². The van der Waals surface area contributed by atoms with Gasteiger partial charge in [-0.25, -0.2) is 4.68 Å². The Morgan fingerprint density at radius 1 is 1.07 bits per heavy atom. The molecule has 1 N–H and O–H groups in total. The zero-order valence-electron chi connectivity index (χ0n) is 16.8. The van der Waals surface area contributed by atoms with Gasteiger partial charge in [-0.15, -0.1) is 0 Å². The third-order valence-corrected chi connectivity index (χ3v) is 4.49. The Hall–Kier alpha value is -3.48. The Balaban J connectivity index is 1.63. The molecule has 152 valence electrons. The number of carbonyl (C=O) groups excluding carboxylic acids is 1. The number of rotatable bonds is 9. The Labute approximate surface area is 170 Å². The van der Waals surface area contributed by atoms with E-state index >= 15 is 0 Å². The van der Waals surface area contributed by atoms with Crippen LogP contribution in [0.15, 0.2) is 54.7 Å². The molecule has 2 aromatic carbocycles. The van der Waals surface area contributed by atoms with Crippen LogP contribution in [0, 0.1) is 0 Å². The first-order chi connectivity index (χ1) is 14.1. The van der Waals surface area contributed by atoms with E-state index in [1.54, 1.807) is 31.2 Å². The maximum atomic E-state index is 12.3. The average molecular weight is 395 g/mol. The second-order valence-electron chi connectivity index (χ2n) is 6.36. The van der Waals surface area contributed by atoms with Crippen LogP contribution in [0.3, 0.4) is 0 Å². The van der Waals surface area contributed by atoms with Gasteiger partial charge < -0.3 is 19.5 Å². The fourth-order valence-electron chi connectivity index (χ4n) is 2.95. The molecule has 0 aliphatic rings. The summed E-state index contributed by atoms with van der Waals surface area (Å²) in [6, 6.07) is 15.1. The van der Waals surface area contributed by atoms with Gasteiger partial charge in [0.1, 0.15) is 11.6 Å². The molecule has 0 saturated heterocycles. The van der Waals surface area contributed by atoms with Gasteiger partial charge in [0.2, 0.25) is 0 Å². The smallest absolute Gasteiger partial charge is 0.263 e. The predicted octanol–water partition coefficient (Wildman–Crippen LogP) is 3.53. The second-order valence-corrected chi connectivity index (χ2v) is 6.36. The largest absolute Gasteiger partial charge is 0.493 e. The van der Waals surface area contributed by atoms with Crippen LogP contribution in [0.4, 0.5) is 5.82 Å². The summed E-state index contributed by atoms with van der Waals surface area (Å²) < 4.78 is 18.1. The minimum atomic E-state index is -0.260. The molecule has 0 bridgehead atoms. The van der Waals surface area contributed by atoms with Gasteiger partial charge in [-0.2, -0.15) is 5.10 Å². The number of anilines is 1. The Bertz CT molecular complexity index is 951. The summed E-state index contributed by atoms with van der Waals surface area (Å²) >= 11 is 0. The summed E-state index contributed by atoms with van der Waals surface area (Å²) in [5.41, 5.74) is 2.11. The zero-order chi connectivity index (χ0) is 20.6. The molecule has 29 heavy (non-hydrogen) atoms. The summed E-state index contributed by atoms with van der Waals surface area (Å²) in [4.78, 5) is 12.3. The normalized spacial score (nSPS) is 10.4. The van der Waals surface area contributed by atoms with Gasteiger partial charge in [0.15, 0.2) is 18.1 Å². The van der Waals surface area contributed by atoms with Crippen LogP contribution in [-0.2, 0) is 17.8 Å². The Morgan fingerprint density at radius 3 is 2.55 bits per heavy atom. The standard InChI is InChI=1S/C22H25N3O4/c1-4-16-8-10-18(11-9-16)29-15-21(26)24-20-12-13-23-25(20)14-17-6-5-7-19(27-2)22(17)28-3/h5-13H,4,14-15H2,1-3H3,(H,24,26). The van der Waals surface area contributed by atoms with Gasteiger partial charge in [0.05, 0.1) is 27.0 Å². The topological polar surface area (TPSA) is 74.6 Å². The monoisotopic (exact) mass is 395 g/mol. The third-order valence-electron chi connectivity index (χ3n) is 4.49. The van der Waals surface area contributed by atoms with E-state index in [4.69, 9.17) is 14.2 Å². The number of para-hydroxylation sites is 1. The number of hydrogen-bond acceptors (Lipinski definition) is 5. The Morgan fingerprint density at radius 2 is 1.86 bits per heavy atom. The molecule has 1 heterocycles. The zero-order valence-corrected chi connectivity index (χ0v) is 16.8. The van der Waals surface area contributed by atoms with Gasteiger partial charge in [-0.3, -0.25) is 4.79 Å². The van der Waals surface area contributed by atoms with E-state index in [0.29, 0.717) is 29.6 Å². The van der Waals surface area contributed by atoms with Crippen molar-refractivity contribution in [2.45, 2.75) is 19.9 Å². The minimum absolute atomic E-state index is 0.0842. The molecule has 7 heteroatoms. The van der Waals surface area contributed by atoms with Crippen molar-refractivity contribution in [2.24, 2.45) is 0 Å². The van der Waals surface area contributed by atoms with Crippen molar-refractivity contribution in [3.8, 4) is 17.2 Å². The van der Waals surface area contributed by atoms with Crippen molar-refractivity contribution in [1.29, 1.82) is 0 Å². The lowest BCUT2D eigenvalue weighted by Crippen LogP contribution is -2.22. The maximum Gasteiger partial charge on any atom is 0.263 e. The molecule has 0 radical (unpaired) electrons. The van der Waals surface area contributed by atoms with Crippen molar-refractivity contribution in [3.63, 3.8) is 0 Å². The first-order valence-corrected chi connectivity index (χ1v) is 9.37. The highest BCUT2D eigenvalue weighted by atomic mass is 16.5. The highest BCUT2D eigenvalue weighted by molar-refractivity contribution is 5.91. The lowest BCUT2D eigenvalue weighted by molar-refractivity contribution is -0.118. The molecule has 1 amide bonds. The lowest BCUT2D eigenvalue weighted by Gasteiger charge is -2.14. The molecule has 3 rings (SSSR count). The molecule has 0 fully saturated rings.